The second kappa shape index (κ2) is 3.45. The van der Waals surface area contributed by atoms with Crippen LogP contribution in [0.4, 0.5) is 0 Å². The van der Waals surface area contributed by atoms with Gasteiger partial charge in [-0.1, -0.05) is 0 Å². The van der Waals surface area contributed by atoms with Gasteiger partial charge in [0, 0.05) is 13.1 Å². The number of hydrogen-bond acceptors (Lipinski definition) is 4. The summed E-state index contributed by atoms with van der Waals surface area (Å²) in [5, 5.41) is 0. The van der Waals surface area contributed by atoms with Crippen molar-refractivity contribution in [1.82, 2.24) is 9.80 Å². The predicted molar refractivity (Wildman–Crippen MR) is 52.3 cm³/mol. The van der Waals surface area contributed by atoms with Crippen LogP contribution in [0, 0.1) is 0 Å². The Morgan fingerprint density at radius 1 is 0.929 bits per heavy atom. The van der Waals surface area contributed by atoms with Crippen LogP contribution < -0.4 is 0 Å². The Morgan fingerprint density at radius 3 is 2.36 bits per heavy atom. The lowest BCUT2D eigenvalue weighted by atomic mass is 10.0. The second-order valence-electron chi connectivity index (χ2n) is 4.58. The predicted octanol–water partition coefficient (Wildman–Crippen LogP) is -0.600. The Hall–Kier alpha value is -0.160. The van der Waals surface area contributed by atoms with Gasteiger partial charge >= 0.3 is 0 Å². The maximum absolute atomic E-state index is 5.59. The molecule has 3 aliphatic rings. The second-order valence-corrected chi connectivity index (χ2v) is 4.58. The summed E-state index contributed by atoms with van der Waals surface area (Å²) in [6.07, 6.45) is 0. The van der Waals surface area contributed by atoms with Crippen molar-refractivity contribution >= 4 is 0 Å². The molecule has 0 aromatic heterocycles. The van der Waals surface area contributed by atoms with Crippen LogP contribution in [-0.2, 0) is 9.47 Å². The minimum atomic E-state index is 0.614. The van der Waals surface area contributed by atoms with E-state index in [1.165, 1.54) is 13.1 Å². The van der Waals surface area contributed by atoms with Crippen LogP contribution in [0.5, 0.6) is 0 Å². The highest BCUT2D eigenvalue weighted by Crippen LogP contribution is 2.26. The molecule has 3 rings (SSSR count). The molecule has 14 heavy (non-hydrogen) atoms. The average Bonchev–Trinajstić information content (AvgIpc) is 2.55. The number of likely N-dealkylation sites (N-methyl/N-ethyl adjacent to an activating group) is 1. The number of nitrogens with zero attached hydrogens (tertiary/aromatic N) is 2. The number of rotatable bonds is 1. The lowest BCUT2D eigenvalue weighted by molar-refractivity contribution is -0.0995. The normalized spacial score (nSPS) is 40.9. The van der Waals surface area contributed by atoms with Crippen molar-refractivity contribution in [3.05, 3.63) is 0 Å². The Balaban J connectivity index is 1.73. The molecule has 0 aromatic carbocycles. The highest BCUT2D eigenvalue weighted by Gasteiger charge is 2.43. The molecular formula is C10H18N2O2. The minimum absolute atomic E-state index is 0.614. The fourth-order valence-corrected chi connectivity index (χ4v) is 2.74. The van der Waals surface area contributed by atoms with E-state index < -0.39 is 0 Å². The van der Waals surface area contributed by atoms with E-state index in [2.05, 4.69) is 16.8 Å². The maximum atomic E-state index is 5.59. The monoisotopic (exact) mass is 198 g/mol. The van der Waals surface area contributed by atoms with Gasteiger partial charge in [-0.3, -0.25) is 9.80 Å². The molecule has 0 radical (unpaired) electrons. The van der Waals surface area contributed by atoms with E-state index in [1.54, 1.807) is 0 Å². The highest BCUT2D eigenvalue weighted by atomic mass is 16.5. The zero-order valence-electron chi connectivity index (χ0n) is 8.69. The zero-order valence-corrected chi connectivity index (χ0v) is 8.69. The summed E-state index contributed by atoms with van der Waals surface area (Å²) in [6, 6.07) is 1.89. The highest BCUT2D eigenvalue weighted by molar-refractivity contribution is 4.97. The van der Waals surface area contributed by atoms with E-state index in [-0.39, 0.29) is 0 Å². The van der Waals surface area contributed by atoms with Gasteiger partial charge in [0.2, 0.25) is 0 Å². The van der Waals surface area contributed by atoms with Gasteiger partial charge in [-0.25, -0.2) is 0 Å². The van der Waals surface area contributed by atoms with Gasteiger partial charge in [0.25, 0.3) is 0 Å². The van der Waals surface area contributed by atoms with Crippen molar-refractivity contribution in [2.45, 2.75) is 18.1 Å². The topological polar surface area (TPSA) is 24.9 Å². The molecule has 0 N–H and O–H groups in total. The molecule has 0 spiro atoms. The van der Waals surface area contributed by atoms with Gasteiger partial charge in [-0.15, -0.1) is 0 Å². The molecule has 3 aliphatic heterocycles. The fraction of sp³-hybridized carbons (Fsp3) is 1.00. The number of fused-ring (bicyclic) bond motifs is 1. The van der Waals surface area contributed by atoms with Crippen LogP contribution in [0.25, 0.3) is 0 Å². The summed E-state index contributed by atoms with van der Waals surface area (Å²) in [6.45, 7) is 6.01. The van der Waals surface area contributed by atoms with E-state index in [9.17, 15) is 0 Å². The minimum Gasteiger partial charge on any atom is -0.378 e. The van der Waals surface area contributed by atoms with Crippen LogP contribution in [0.3, 0.4) is 0 Å². The Bertz CT molecular complexity index is 220. The Morgan fingerprint density at radius 2 is 1.64 bits per heavy atom. The van der Waals surface area contributed by atoms with Gasteiger partial charge in [0.05, 0.1) is 44.6 Å². The van der Waals surface area contributed by atoms with E-state index in [0.29, 0.717) is 18.1 Å². The van der Waals surface area contributed by atoms with E-state index >= 15 is 0 Å². The van der Waals surface area contributed by atoms with Gasteiger partial charge in [-0.2, -0.15) is 0 Å². The van der Waals surface area contributed by atoms with Crippen molar-refractivity contribution in [2.24, 2.45) is 0 Å². The molecule has 4 nitrogen and oxygen atoms in total. The molecule has 0 bridgehead atoms. The summed E-state index contributed by atoms with van der Waals surface area (Å²) < 4.78 is 10.9. The van der Waals surface area contributed by atoms with E-state index in [1.807, 2.05) is 0 Å². The standard InChI is InChI=1S/C10H18N2O2/c1-11-2-3-12(8-4-13-5-8)10-7-14-6-9(10)11/h8-10H,2-7H2,1H3. The average molecular weight is 198 g/mol. The lowest BCUT2D eigenvalue weighted by Crippen LogP contribution is -2.64. The molecule has 80 valence electrons. The van der Waals surface area contributed by atoms with Gasteiger partial charge < -0.3 is 9.47 Å². The zero-order chi connectivity index (χ0) is 9.54. The smallest absolute Gasteiger partial charge is 0.0645 e. The molecule has 2 atom stereocenters. The van der Waals surface area contributed by atoms with Crippen LogP contribution >= 0.6 is 0 Å². The number of hydrogen-bond donors (Lipinski definition) is 0. The third-order valence-electron chi connectivity index (χ3n) is 3.81. The third kappa shape index (κ3) is 1.29. The van der Waals surface area contributed by atoms with Crippen molar-refractivity contribution in [3.8, 4) is 0 Å². The molecule has 3 fully saturated rings. The molecule has 0 aliphatic carbocycles. The van der Waals surface area contributed by atoms with E-state index in [4.69, 9.17) is 9.47 Å². The summed E-state index contributed by atoms with van der Waals surface area (Å²) in [5.74, 6) is 0. The van der Waals surface area contributed by atoms with Crippen LogP contribution in [0.15, 0.2) is 0 Å². The summed E-state index contributed by atoms with van der Waals surface area (Å²) in [5.41, 5.74) is 0. The SMILES string of the molecule is CN1CCN(C2COC2)C2COCC21. The first-order valence-corrected chi connectivity index (χ1v) is 5.48. The number of piperazine rings is 1. The summed E-state index contributed by atoms with van der Waals surface area (Å²) in [7, 11) is 2.21. The molecule has 3 saturated heterocycles. The molecule has 0 saturated carbocycles. The molecular weight excluding hydrogens is 180 g/mol. The fourth-order valence-electron chi connectivity index (χ4n) is 2.74. The largest absolute Gasteiger partial charge is 0.378 e. The van der Waals surface area contributed by atoms with Crippen LogP contribution in [0.1, 0.15) is 0 Å². The molecule has 0 aromatic rings. The summed E-state index contributed by atoms with van der Waals surface area (Å²) in [4.78, 5) is 5.04. The van der Waals surface area contributed by atoms with E-state index in [0.717, 1.165) is 26.4 Å². The van der Waals surface area contributed by atoms with Crippen molar-refractivity contribution < 1.29 is 9.47 Å². The third-order valence-corrected chi connectivity index (χ3v) is 3.81. The van der Waals surface area contributed by atoms with Crippen LogP contribution in [-0.4, -0.2) is 74.5 Å². The maximum Gasteiger partial charge on any atom is 0.0645 e. The number of ether oxygens (including phenoxy) is 2. The first kappa shape index (κ1) is 9.09. The van der Waals surface area contributed by atoms with Gasteiger partial charge in [-0.05, 0) is 7.05 Å². The molecule has 0 amide bonds. The molecule has 3 heterocycles. The van der Waals surface area contributed by atoms with Crippen LogP contribution in [0.2, 0.25) is 0 Å². The Labute approximate surface area is 84.8 Å². The molecule has 2 unspecified atom stereocenters. The first-order chi connectivity index (χ1) is 6.86. The summed E-state index contributed by atoms with van der Waals surface area (Å²) >= 11 is 0. The van der Waals surface area contributed by atoms with Gasteiger partial charge in [0.15, 0.2) is 0 Å². The lowest BCUT2D eigenvalue weighted by Gasteiger charge is -2.48. The van der Waals surface area contributed by atoms with Crippen molar-refractivity contribution in [1.29, 1.82) is 0 Å². The first-order valence-electron chi connectivity index (χ1n) is 5.48. The quantitative estimate of drug-likeness (QED) is 0.562. The Kier molecular flexibility index (Phi) is 2.24. The van der Waals surface area contributed by atoms with Crippen molar-refractivity contribution in [3.63, 3.8) is 0 Å². The van der Waals surface area contributed by atoms with Gasteiger partial charge in [0.1, 0.15) is 0 Å². The molecule has 4 heteroatoms. The van der Waals surface area contributed by atoms with Crippen molar-refractivity contribution in [2.75, 3.05) is 46.6 Å².